The van der Waals surface area contributed by atoms with Gasteiger partial charge in [0.1, 0.15) is 18.8 Å². The number of rotatable bonds is 15. The Hall–Kier alpha value is -5.55. The van der Waals surface area contributed by atoms with E-state index in [4.69, 9.17) is 33.2 Å². The fourth-order valence-electron chi connectivity index (χ4n) is 7.35. The van der Waals surface area contributed by atoms with E-state index in [0.717, 1.165) is 17.7 Å². The van der Waals surface area contributed by atoms with Crippen LogP contribution in [-0.2, 0) is 59.0 Å². The molecule has 2 saturated heterocycles. The summed E-state index contributed by atoms with van der Waals surface area (Å²) in [7, 11) is 0. The number of esters is 1. The summed E-state index contributed by atoms with van der Waals surface area (Å²) >= 11 is 0. The Morgan fingerprint density at radius 1 is 0.881 bits per heavy atom. The van der Waals surface area contributed by atoms with Crippen molar-refractivity contribution in [2.24, 2.45) is 0 Å². The molecule has 0 radical (unpaired) electrons. The monoisotopic (exact) mass is 827 g/mol. The largest absolute Gasteiger partial charge is 0.464 e. The fourth-order valence-corrected chi connectivity index (χ4v) is 7.35. The molecule has 0 bridgehead atoms. The maximum Gasteiger partial charge on any atom is 0.416 e. The number of halogens is 3. The number of hydrogen-bond acceptors (Lipinski definition) is 11. The molecule has 59 heavy (non-hydrogen) atoms. The van der Waals surface area contributed by atoms with E-state index in [2.05, 4.69) is 16.0 Å². The summed E-state index contributed by atoms with van der Waals surface area (Å²) in [5.41, 5.74) is 0.971. The molecule has 3 aromatic rings. The van der Waals surface area contributed by atoms with Gasteiger partial charge in [0.05, 0.1) is 24.4 Å². The number of alkyl carbamates (subject to hydrolysis) is 2. The molecule has 0 aliphatic carbocycles. The lowest BCUT2D eigenvalue weighted by molar-refractivity contribution is -0.329. The second-order valence-corrected chi connectivity index (χ2v) is 14.5. The molecule has 17 heteroatoms. The molecular formula is C42H48F3N3O11. The van der Waals surface area contributed by atoms with Crippen LogP contribution in [0.2, 0.25) is 0 Å². The van der Waals surface area contributed by atoms with Gasteiger partial charge in [0.25, 0.3) is 0 Å². The predicted molar refractivity (Wildman–Crippen MR) is 203 cm³/mol. The van der Waals surface area contributed by atoms with Gasteiger partial charge >= 0.3 is 24.3 Å². The summed E-state index contributed by atoms with van der Waals surface area (Å²) in [6.07, 6.45) is -5.62. The Bertz CT molecular complexity index is 1920. The maximum atomic E-state index is 13.3. The summed E-state index contributed by atoms with van der Waals surface area (Å²) in [5, 5.41) is 8.03. The second kappa shape index (κ2) is 19.9. The van der Waals surface area contributed by atoms with E-state index in [-0.39, 0.29) is 70.8 Å². The zero-order valence-electron chi connectivity index (χ0n) is 32.6. The van der Waals surface area contributed by atoms with E-state index in [1.54, 1.807) is 25.1 Å². The standard InChI is InChI=1S/C42H48F3N3O11/c1-2-53-38(50)34(20-27-9-4-3-5-10-27)48-36(49)17-16-31-21-33(57-40(52)47-24-29-12-7-15-35-37(29)56-26-55-35)22-41(58-31)18-8-14-32(59-41)25-54-39(51)46-23-28-11-6-13-30(19-28)42(43,44)45/h3-7,9-13,15,19,31-34H,2,8,14,16-18,20-26H2,1H3,(H,46,51)(H,47,52)(H,48,49)/t31-,32-,33-,34+,41+/m1/s1. The lowest BCUT2D eigenvalue weighted by Crippen LogP contribution is -2.54. The van der Waals surface area contributed by atoms with Crippen molar-refractivity contribution in [3.8, 4) is 11.5 Å². The first-order valence-electron chi connectivity index (χ1n) is 19.6. The molecule has 6 rings (SSSR count). The Balaban J connectivity index is 1.07. The molecule has 5 atom stereocenters. The first-order chi connectivity index (χ1) is 28.4. The highest BCUT2D eigenvalue weighted by Crippen LogP contribution is 2.41. The Morgan fingerprint density at radius 3 is 2.44 bits per heavy atom. The average Bonchev–Trinajstić information content (AvgIpc) is 3.71. The highest BCUT2D eigenvalue weighted by atomic mass is 19.4. The molecule has 3 N–H and O–H groups in total. The number of para-hydroxylation sites is 1. The highest BCUT2D eigenvalue weighted by molar-refractivity contribution is 5.84. The van der Waals surface area contributed by atoms with E-state index in [1.165, 1.54) is 12.1 Å². The summed E-state index contributed by atoms with van der Waals surface area (Å²) in [6, 6.07) is 18.3. The number of alkyl halides is 3. The third-order valence-corrected chi connectivity index (χ3v) is 10.1. The third kappa shape index (κ3) is 12.5. The van der Waals surface area contributed by atoms with Gasteiger partial charge in [-0.2, -0.15) is 13.2 Å². The molecular weight excluding hydrogens is 779 g/mol. The van der Waals surface area contributed by atoms with Crippen LogP contribution in [-0.4, -0.2) is 74.2 Å². The zero-order chi connectivity index (χ0) is 41.8. The normalized spacial score (nSPS) is 21.5. The number of fused-ring (bicyclic) bond motifs is 1. The summed E-state index contributed by atoms with van der Waals surface area (Å²) in [4.78, 5) is 51.8. The quantitative estimate of drug-likeness (QED) is 0.113. The van der Waals surface area contributed by atoms with Crippen molar-refractivity contribution in [2.75, 3.05) is 20.0 Å². The van der Waals surface area contributed by atoms with Crippen LogP contribution in [0, 0.1) is 0 Å². The molecule has 3 aromatic carbocycles. The van der Waals surface area contributed by atoms with Gasteiger partial charge in [-0.3, -0.25) is 4.79 Å². The topological polar surface area (TPSA) is 169 Å². The van der Waals surface area contributed by atoms with Crippen LogP contribution in [0.15, 0.2) is 72.8 Å². The van der Waals surface area contributed by atoms with Gasteiger partial charge in [0, 0.05) is 50.8 Å². The molecule has 318 valence electrons. The lowest BCUT2D eigenvalue weighted by Gasteiger charge is -2.47. The van der Waals surface area contributed by atoms with Crippen molar-refractivity contribution < 1.29 is 65.5 Å². The Morgan fingerprint density at radius 2 is 1.64 bits per heavy atom. The van der Waals surface area contributed by atoms with Gasteiger partial charge in [0.2, 0.25) is 12.7 Å². The zero-order valence-corrected chi connectivity index (χ0v) is 32.6. The first kappa shape index (κ1) is 43.0. The number of hydrogen-bond donors (Lipinski definition) is 3. The minimum atomic E-state index is -4.52. The van der Waals surface area contributed by atoms with E-state index >= 15 is 0 Å². The molecule has 3 heterocycles. The van der Waals surface area contributed by atoms with Crippen molar-refractivity contribution in [1.82, 2.24) is 16.0 Å². The Kier molecular flexibility index (Phi) is 14.5. The molecule has 1 spiro atoms. The van der Waals surface area contributed by atoms with Gasteiger partial charge in [-0.05, 0) is 55.5 Å². The Labute approximate surface area is 339 Å². The lowest BCUT2D eigenvalue weighted by atomic mass is 9.90. The summed E-state index contributed by atoms with van der Waals surface area (Å²) in [6.45, 7) is 1.67. The number of nitrogens with one attached hydrogen (secondary N) is 3. The second-order valence-electron chi connectivity index (χ2n) is 14.5. The van der Waals surface area contributed by atoms with Crippen LogP contribution in [0.1, 0.15) is 74.1 Å². The van der Waals surface area contributed by atoms with Crippen LogP contribution in [0.5, 0.6) is 11.5 Å². The summed E-state index contributed by atoms with van der Waals surface area (Å²) < 4.78 is 79.9. The van der Waals surface area contributed by atoms with Crippen LogP contribution < -0.4 is 25.4 Å². The van der Waals surface area contributed by atoms with Crippen molar-refractivity contribution in [3.05, 3.63) is 95.1 Å². The minimum absolute atomic E-state index is 0.0237. The van der Waals surface area contributed by atoms with Gasteiger partial charge < -0.3 is 49.1 Å². The molecule has 0 aromatic heterocycles. The molecule has 0 saturated carbocycles. The van der Waals surface area contributed by atoms with Crippen LogP contribution in [0.25, 0.3) is 0 Å². The van der Waals surface area contributed by atoms with Crippen molar-refractivity contribution in [3.63, 3.8) is 0 Å². The smallest absolute Gasteiger partial charge is 0.416 e. The maximum absolute atomic E-state index is 13.3. The van der Waals surface area contributed by atoms with Crippen LogP contribution >= 0.6 is 0 Å². The van der Waals surface area contributed by atoms with Crippen molar-refractivity contribution in [2.45, 2.75) is 108 Å². The fraction of sp³-hybridized carbons (Fsp3) is 0.476. The van der Waals surface area contributed by atoms with Crippen molar-refractivity contribution in [1.29, 1.82) is 0 Å². The number of amides is 3. The van der Waals surface area contributed by atoms with Gasteiger partial charge in [-0.1, -0.05) is 54.6 Å². The predicted octanol–water partition coefficient (Wildman–Crippen LogP) is 6.47. The van der Waals surface area contributed by atoms with Crippen LogP contribution in [0.4, 0.5) is 22.8 Å². The highest BCUT2D eigenvalue weighted by Gasteiger charge is 2.47. The molecule has 14 nitrogen and oxygen atoms in total. The number of benzene rings is 3. The van der Waals surface area contributed by atoms with Crippen LogP contribution in [0.3, 0.4) is 0 Å². The van der Waals surface area contributed by atoms with Gasteiger partial charge in [0.15, 0.2) is 17.3 Å². The molecule has 2 fully saturated rings. The van der Waals surface area contributed by atoms with E-state index in [9.17, 15) is 32.3 Å². The number of ether oxygens (including phenoxy) is 7. The van der Waals surface area contributed by atoms with Crippen molar-refractivity contribution >= 4 is 24.1 Å². The number of carbonyl (C=O) groups excluding carboxylic acids is 4. The molecule has 3 aliphatic heterocycles. The third-order valence-electron chi connectivity index (χ3n) is 10.1. The SMILES string of the molecule is CCOC(=O)[C@H](Cc1ccccc1)NC(=O)CC[C@@H]1C[C@@H](OC(=O)NCc2cccc3c2OCO3)C[C@@]2(CCC[C@H](COC(=O)NCc3cccc(C(F)(F)F)c3)O2)O1. The molecule has 3 aliphatic rings. The first-order valence-corrected chi connectivity index (χ1v) is 19.6. The molecule has 0 unspecified atom stereocenters. The number of carbonyl (C=O) groups is 4. The molecule has 3 amide bonds. The van der Waals surface area contributed by atoms with Gasteiger partial charge in [-0.25, -0.2) is 14.4 Å². The average molecular weight is 828 g/mol. The van der Waals surface area contributed by atoms with Gasteiger partial charge in [-0.15, -0.1) is 0 Å². The minimum Gasteiger partial charge on any atom is -0.464 e. The summed E-state index contributed by atoms with van der Waals surface area (Å²) in [5.74, 6) is -1.09. The van der Waals surface area contributed by atoms with E-state index in [1.807, 2.05) is 30.3 Å². The van der Waals surface area contributed by atoms with E-state index in [0.29, 0.717) is 36.3 Å². The van der Waals surface area contributed by atoms with E-state index < -0.39 is 65.9 Å².